The molecule has 0 saturated heterocycles. The molecule has 1 unspecified atom stereocenters. The number of phenols is 1. The van der Waals surface area contributed by atoms with Gasteiger partial charge in [0.1, 0.15) is 11.3 Å². The predicted molar refractivity (Wildman–Crippen MR) is 61.5 cm³/mol. The summed E-state index contributed by atoms with van der Waals surface area (Å²) in [5.41, 5.74) is -1.38. The van der Waals surface area contributed by atoms with Gasteiger partial charge in [-0.2, -0.15) is 13.2 Å². The molecule has 0 saturated carbocycles. The van der Waals surface area contributed by atoms with Crippen LogP contribution in [-0.2, 0) is 15.1 Å². The third kappa shape index (κ3) is 3.85. The number of ether oxygens (including phenoxy) is 1. The number of benzene rings is 1. The first-order valence-corrected chi connectivity index (χ1v) is 5.39. The van der Waals surface area contributed by atoms with Gasteiger partial charge in [-0.05, 0) is 24.6 Å². The first kappa shape index (κ1) is 15.3. The first-order chi connectivity index (χ1) is 8.69. The van der Waals surface area contributed by atoms with Crippen LogP contribution in [0.25, 0.3) is 0 Å². The van der Waals surface area contributed by atoms with Gasteiger partial charge in [0.15, 0.2) is 0 Å². The number of alkyl halides is 3. The van der Waals surface area contributed by atoms with Gasteiger partial charge < -0.3 is 9.84 Å². The highest BCUT2D eigenvalue weighted by Gasteiger charge is 2.40. The Labute approximate surface area is 108 Å². The van der Waals surface area contributed by atoms with Gasteiger partial charge >= 0.3 is 12.1 Å². The molecule has 4 nitrogen and oxygen atoms in total. The second kappa shape index (κ2) is 5.48. The number of aromatic hydroxyl groups is 1. The standard InChI is InChI=1S/C12H14F3NO3/c1-11(10(18)19-2,16-7-12(13,14)15)8-3-5-9(17)6-4-8/h3-6,16-17H,7H2,1-2H3. The molecular formula is C12H14F3NO3. The van der Waals surface area contributed by atoms with E-state index in [1.807, 2.05) is 0 Å². The molecule has 0 heterocycles. The molecule has 0 aliphatic carbocycles. The topological polar surface area (TPSA) is 58.6 Å². The van der Waals surface area contributed by atoms with Gasteiger partial charge in [-0.15, -0.1) is 0 Å². The number of nitrogens with one attached hydrogen (secondary N) is 1. The van der Waals surface area contributed by atoms with Crippen LogP contribution >= 0.6 is 0 Å². The van der Waals surface area contributed by atoms with Gasteiger partial charge in [0.2, 0.25) is 0 Å². The van der Waals surface area contributed by atoms with Crippen LogP contribution in [-0.4, -0.2) is 30.9 Å². The molecule has 0 bridgehead atoms. The number of carbonyl (C=O) groups is 1. The molecule has 0 spiro atoms. The normalized spacial score (nSPS) is 14.8. The van der Waals surface area contributed by atoms with E-state index < -0.39 is 24.2 Å². The van der Waals surface area contributed by atoms with Crippen molar-refractivity contribution >= 4 is 5.97 Å². The maximum atomic E-state index is 12.3. The molecule has 0 amide bonds. The molecule has 2 N–H and O–H groups in total. The van der Waals surface area contributed by atoms with Crippen molar-refractivity contribution in [2.45, 2.75) is 18.6 Å². The minimum absolute atomic E-state index is 0.0493. The van der Waals surface area contributed by atoms with Crippen LogP contribution in [0.3, 0.4) is 0 Å². The fourth-order valence-electron chi connectivity index (χ4n) is 1.57. The number of halogens is 3. The zero-order chi connectivity index (χ0) is 14.7. The van der Waals surface area contributed by atoms with Crippen LogP contribution in [0.2, 0.25) is 0 Å². The zero-order valence-electron chi connectivity index (χ0n) is 10.4. The van der Waals surface area contributed by atoms with Crippen LogP contribution in [0.1, 0.15) is 12.5 Å². The lowest BCUT2D eigenvalue weighted by atomic mass is 9.92. The summed E-state index contributed by atoms with van der Waals surface area (Å²) in [4.78, 5) is 11.7. The first-order valence-electron chi connectivity index (χ1n) is 5.39. The molecule has 1 atom stereocenters. The van der Waals surface area contributed by atoms with Gasteiger partial charge in [-0.25, -0.2) is 4.79 Å². The Bertz CT molecular complexity index is 445. The average molecular weight is 277 g/mol. The van der Waals surface area contributed by atoms with Crippen molar-refractivity contribution in [3.8, 4) is 5.75 Å². The monoisotopic (exact) mass is 277 g/mol. The number of hydrogen-bond acceptors (Lipinski definition) is 4. The summed E-state index contributed by atoms with van der Waals surface area (Å²) in [6.45, 7) is -0.0452. The highest BCUT2D eigenvalue weighted by Crippen LogP contribution is 2.26. The lowest BCUT2D eigenvalue weighted by Crippen LogP contribution is -2.50. The van der Waals surface area contributed by atoms with Gasteiger partial charge in [0.05, 0.1) is 13.7 Å². The lowest BCUT2D eigenvalue weighted by molar-refractivity contribution is -0.153. The van der Waals surface area contributed by atoms with Crippen LogP contribution in [0, 0.1) is 0 Å². The van der Waals surface area contributed by atoms with E-state index >= 15 is 0 Å². The predicted octanol–water partition coefficient (Wildman–Crippen LogP) is 1.93. The molecular weight excluding hydrogens is 263 g/mol. The van der Waals surface area contributed by atoms with Crippen molar-refractivity contribution in [1.82, 2.24) is 5.32 Å². The minimum Gasteiger partial charge on any atom is -0.508 e. The second-order valence-electron chi connectivity index (χ2n) is 4.13. The van der Waals surface area contributed by atoms with Crippen molar-refractivity contribution in [1.29, 1.82) is 0 Å². The van der Waals surface area contributed by atoms with Gasteiger partial charge in [0, 0.05) is 0 Å². The fourth-order valence-corrected chi connectivity index (χ4v) is 1.57. The van der Waals surface area contributed by atoms with Crippen molar-refractivity contribution in [3.63, 3.8) is 0 Å². The number of esters is 1. The van der Waals surface area contributed by atoms with E-state index in [1.165, 1.54) is 31.2 Å². The Kier molecular flexibility index (Phi) is 4.41. The number of rotatable bonds is 4. The van der Waals surface area contributed by atoms with Crippen LogP contribution in [0.15, 0.2) is 24.3 Å². The molecule has 0 radical (unpaired) electrons. The van der Waals surface area contributed by atoms with Crippen molar-refractivity contribution in [2.24, 2.45) is 0 Å². The van der Waals surface area contributed by atoms with E-state index in [4.69, 9.17) is 5.11 Å². The van der Waals surface area contributed by atoms with Gasteiger partial charge in [-0.1, -0.05) is 12.1 Å². The molecule has 1 aromatic rings. The fraction of sp³-hybridized carbons (Fsp3) is 0.417. The zero-order valence-corrected chi connectivity index (χ0v) is 10.4. The van der Waals surface area contributed by atoms with Crippen molar-refractivity contribution in [2.75, 3.05) is 13.7 Å². The third-order valence-electron chi connectivity index (χ3n) is 2.68. The molecule has 1 aromatic carbocycles. The number of methoxy groups -OCH3 is 1. The summed E-state index contributed by atoms with van der Waals surface area (Å²) in [7, 11) is 1.09. The van der Waals surface area contributed by atoms with E-state index in [-0.39, 0.29) is 11.3 Å². The molecule has 7 heteroatoms. The molecule has 19 heavy (non-hydrogen) atoms. The average Bonchev–Trinajstić information content (AvgIpc) is 2.35. The Balaban J connectivity index is 3.06. The summed E-state index contributed by atoms with van der Waals surface area (Å²) in [6.07, 6.45) is -4.45. The summed E-state index contributed by atoms with van der Waals surface area (Å²) >= 11 is 0. The SMILES string of the molecule is COC(=O)C(C)(NCC(F)(F)F)c1ccc(O)cc1. The summed E-state index contributed by atoms with van der Waals surface area (Å²) in [5.74, 6) is -0.894. The Morgan fingerprint density at radius 1 is 1.32 bits per heavy atom. The van der Waals surface area contributed by atoms with Crippen molar-refractivity contribution in [3.05, 3.63) is 29.8 Å². The summed E-state index contributed by atoms with van der Waals surface area (Å²) in [6, 6.07) is 5.28. The van der Waals surface area contributed by atoms with Crippen molar-refractivity contribution < 1.29 is 27.8 Å². The highest BCUT2D eigenvalue weighted by molar-refractivity contribution is 5.82. The molecule has 0 aromatic heterocycles. The highest BCUT2D eigenvalue weighted by atomic mass is 19.4. The maximum Gasteiger partial charge on any atom is 0.401 e. The smallest absolute Gasteiger partial charge is 0.401 e. The Hall–Kier alpha value is -1.76. The quantitative estimate of drug-likeness (QED) is 0.826. The summed E-state index contributed by atoms with van der Waals surface area (Å²) < 4.78 is 41.4. The van der Waals surface area contributed by atoms with Crippen LogP contribution in [0.4, 0.5) is 13.2 Å². The van der Waals surface area contributed by atoms with E-state index in [2.05, 4.69) is 10.1 Å². The van der Waals surface area contributed by atoms with E-state index in [9.17, 15) is 18.0 Å². The number of hydrogen-bond donors (Lipinski definition) is 2. The van der Waals surface area contributed by atoms with Gasteiger partial charge in [0.25, 0.3) is 0 Å². The Morgan fingerprint density at radius 3 is 2.26 bits per heavy atom. The van der Waals surface area contributed by atoms with E-state index in [1.54, 1.807) is 0 Å². The number of carbonyl (C=O) groups excluding carboxylic acids is 1. The minimum atomic E-state index is -4.45. The molecule has 0 aliphatic heterocycles. The summed E-state index contributed by atoms with van der Waals surface area (Å²) in [5, 5.41) is 11.3. The maximum absolute atomic E-state index is 12.3. The second-order valence-corrected chi connectivity index (χ2v) is 4.13. The molecule has 0 fully saturated rings. The molecule has 106 valence electrons. The van der Waals surface area contributed by atoms with E-state index in [0.29, 0.717) is 0 Å². The van der Waals surface area contributed by atoms with Crippen LogP contribution < -0.4 is 5.32 Å². The van der Waals surface area contributed by atoms with E-state index in [0.717, 1.165) is 7.11 Å². The number of phenolic OH excluding ortho intramolecular Hbond substituents is 1. The van der Waals surface area contributed by atoms with Crippen LogP contribution in [0.5, 0.6) is 5.75 Å². The largest absolute Gasteiger partial charge is 0.508 e. The molecule has 0 aliphatic rings. The lowest BCUT2D eigenvalue weighted by Gasteiger charge is -2.29. The van der Waals surface area contributed by atoms with Gasteiger partial charge in [-0.3, -0.25) is 5.32 Å². The molecule has 1 rings (SSSR count). The third-order valence-corrected chi connectivity index (χ3v) is 2.68. The Morgan fingerprint density at radius 2 is 1.84 bits per heavy atom.